The fraction of sp³-hybridized carbons (Fsp3) is 0.304. The van der Waals surface area contributed by atoms with Crippen molar-refractivity contribution in [3.8, 4) is 22.5 Å². The van der Waals surface area contributed by atoms with E-state index in [1.807, 2.05) is 12.1 Å². The van der Waals surface area contributed by atoms with Crippen molar-refractivity contribution >= 4 is 40.7 Å². The molecule has 0 saturated heterocycles. The second-order valence-electron chi connectivity index (χ2n) is 7.75. The van der Waals surface area contributed by atoms with E-state index >= 15 is 0 Å². The average molecular weight is 479 g/mol. The van der Waals surface area contributed by atoms with Crippen LogP contribution in [0, 0.1) is 0 Å². The lowest BCUT2D eigenvalue weighted by Gasteiger charge is -2.28. The highest BCUT2D eigenvalue weighted by molar-refractivity contribution is 6.36. The van der Waals surface area contributed by atoms with Crippen LogP contribution >= 0.6 is 34.8 Å². The number of amides is 1. The molecule has 0 spiro atoms. The minimum absolute atomic E-state index is 0.240. The number of nitrogens with one attached hydrogen (secondary N) is 1. The number of hydrogen-bond acceptors (Lipinski definition) is 3. The molecule has 1 aliphatic rings. The molecule has 162 valence electrons. The van der Waals surface area contributed by atoms with E-state index in [1.165, 1.54) is 0 Å². The van der Waals surface area contributed by atoms with Gasteiger partial charge in [0, 0.05) is 28.2 Å². The molecule has 1 heterocycles. The number of rotatable bonds is 4. The van der Waals surface area contributed by atoms with Gasteiger partial charge in [0.2, 0.25) is 0 Å². The molecule has 1 saturated carbocycles. The quantitative estimate of drug-likeness (QED) is 0.502. The molecule has 0 aliphatic heterocycles. The van der Waals surface area contributed by atoms with Crippen LogP contribution < -0.4 is 5.32 Å². The van der Waals surface area contributed by atoms with Gasteiger partial charge in [-0.2, -0.15) is 0 Å². The number of aliphatic hydroxyl groups is 1. The molecule has 1 amide bonds. The number of carbonyl (C=O) groups excluding carboxylic acids is 1. The summed E-state index contributed by atoms with van der Waals surface area (Å²) >= 11 is 18.6. The second-order valence-corrected chi connectivity index (χ2v) is 9.03. The number of aromatic nitrogens is 2. The third kappa shape index (κ3) is 4.60. The maximum atomic E-state index is 13.1. The summed E-state index contributed by atoms with van der Waals surface area (Å²) in [6, 6.07) is 12.2. The van der Waals surface area contributed by atoms with Gasteiger partial charge in [0.25, 0.3) is 5.91 Å². The molecular formula is C23H22Cl3N3O2. The normalized spacial score (nSPS) is 18.7. The van der Waals surface area contributed by atoms with Crippen LogP contribution in [0.4, 0.5) is 0 Å². The minimum Gasteiger partial charge on any atom is -0.391 e. The number of aliphatic hydroxyl groups excluding tert-OH is 1. The van der Waals surface area contributed by atoms with Crippen LogP contribution in [-0.4, -0.2) is 32.7 Å². The Morgan fingerprint density at radius 2 is 1.74 bits per heavy atom. The smallest absolute Gasteiger partial charge is 0.287 e. The predicted molar refractivity (Wildman–Crippen MR) is 125 cm³/mol. The Bertz CT molecular complexity index is 1110. The minimum atomic E-state index is -0.543. The number of imidazole rings is 1. The van der Waals surface area contributed by atoms with Crippen LogP contribution in [-0.2, 0) is 7.05 Å². The summed E-state index contributed by atoms with van der Waals surface area (Å²) in [5.74, 6) is -0.0938. The first kappa shape index (κ1) is 22.2. The standard InChI is InChI=1S/C23H22Cl3N3O2/c1-29-21(13-6-8-14(24)9-7-13)20(16-11-10-15(25)12-17(16)26)28-22(29)23(31)27-18-4-2-3-5-19(18)30/h6-12,18-19,30H,2-5H2,1H3,(H,27,31)/t18?,19-/m0/s1. The summed E-state index contributed by atoms with van der Waals surface area (Å²) in [5.41, 5.74) is 2.82. The zero-order valence-electron chi connectivity index (χ0n) is 16.9. The van der Waals surface area contributed by atoms with Gasteiger partial charge in [-0.25, -0.2) is 4.98 Å². The lowest BCUT2D eigenvalue weighted by molar-refractivity contribution is 0.0708. The molecule has 2 atom stereocenters. The summed E-state index contributed by atoms with van der Waals surface area (Å²) in [5, 5.41) is 14.8. The largest absolute Gasteiger partial charge is 0.391 e. The van der Waals surface area contributed by atoms with Crippen molar-refractivity contribution in [2.45, 2.75) is 37.8 Å². The van der Waals surface area contributed by atoms with Crippen molar-refractivity contribution < 1.29 is 9.90 Å². The van der Waals surface area contributed by atoms with E-state index in [0.29, 0.717) is 32.7 Å². The molecule has 1 fully saturated rings. The lowest BCUT2D eigenvalue weighted by atomic mass is 9.92. The van der Waals surface area contributed by atoms with Gasteiger partial charge in [-0.05, 0) is 43.2 Å². The molecule has 2 N–H and O–H groups in total. The van der Waals surface area contributed by atoms with Gasteiger partial charge in [-0.15, -0.1) is 0 Å². The maximum absolute atomic E-state index is 13.1. The van der Waals surface area contributed by atoms with E-state index in [4.69, 9.17) is 34.8 Å². The maximum Gasteiger partial charge on any atom is 0.287 e. The van der Waals surface area contributed by atoms with Crippen LogP contribution in [0.5, 0.6) is 0 Å². The molecule has 2 aromatic carbocycles. The van der Waals surface area contributed by atoms with Gasteiger partial charge in [-0.3, -0.25) is 4.79 Å². The van der Waals surface area contributed by atoms with Crippen molar-refractivity contribution in [1.82, 2.24) is 14.9 Å². The van der Waals surface area contributed by atoms with Crippen molar-refractivity contribution in [3.63, 3.8) is 0 Å². The molecule has 4 rings (SSSR count). The van der Waals surface area contributed by atoms with Crippen molar-refractivity contribution in [3.05, 3.63) is 63.4 Å². The lowest BCUT2D eigenvalue weighted by Crippen LogP contribution is -2.45. The summed E-state index contributed by atoms with van der Waals surface area (Å²) in [4.78, 5) is 17.8. The van der Waals surface area contributed by atoms with E-state index in [2.05, 4.69) is 10.3 Å². The first-order chi connectivity index (χ1) is 14.8. The van der Waals surface area contributed by atoms with Crippen LogP contribution in [0.2, 0.25) is 15.1 Å². The van der Waals surface area contributed by atoms with Crippen LogP contribution in [0.3, 0.4) is 0 Å². The highest BCUT2D eigenvalue weighted by Gasteiger charge is 2.28. The van der Waals surface area contributed by atoms with E-state index < -0.39 is 6.10 Å². The van der Waals surface area contributed by atoms with Gasteiger partial charge in [-0.1, -0.05) is 59.8 Å². The predicted octanol–water partition coefficient (Wildman–Crippen LogP) is 5.75. The van der Waals surface area contributed by atoms with E-state index in [9.17, 15) is 9.90 Å². The van der Waals surface area contributed by atoms with Crippen LogP contribution in [0.1, 0.15) is 36.3 Å². The SMILES string of the molecule is Cn1c(C(=O)NC2CCCC[C@@H]2O)nc(-c2ccc(Cl)cc2Cl)c1-c1ccc(Cl)cc1. The van der Waals surface area contributed by atoms with Gasteiger partial charge in [0.15, 0.2) is 5.82 Å². The molecule has 31 heavy (non-hydrogen) atoms. The van der Waals surface area contributed by atoms with Gasteiger partial charge in [0.1, 0.15) is 0 Å². The first-order valence-corrected chi connectivity index (χ1v) is 11.3. The Morgan fingerprint density at radius 3 is 2.42 bits per heavy atom. The number of halogens is 3. The zero-order chi connectivity index (χ0) is 22.1. The Balaban J connectivity index is 1.80. The molecule has 8 heteroatoms. The summed E-state index contributed by atoms with van der Waals surface area (Å²) in [7, 11) is 1.79. The Morgan fingerprint density at radius 1 is 1.06 bits per heavy atom. The summed E-state index contributed by atoms with van der Waals surface area (Å²) in [6.07, 6.45) is 2.84. The van der Waals surface area contributed by atoms with Gasteiger partial charge < -0.3 is 15.0 Å². The molecule has 0 bridgehead atoms. The average Bonchev–Trinajstić information content (AvgIpc) is 3.07. The molecule has 3 aromatic rings. The number of nitrogens with zero attached hydrogens (tertiary/aromatic N) is 2. The third-order valence-corrected chi connectivity index (χ3v) is 6.45. The van der Waals surface area contributed by atoms with Crippen molar-refractivity contribution in [2.24, 2.45) is 7.05 Å². The van der Waals surface area contributed by atoms with Crippen LogP contribution in [0.15, 0.2) is 42.5 Å². The summed E-state index contributed by atoms with van der Waals surface area (Å²) < 4.78 is 1.74. The Kier molecular flexibility index (Phi) is 6.58. The van der Waals surface area contributed by atoms with E-state index in [1.54, 1.807) is 41.9 Å². The Labute approximate surface area is 196 Å². The zero-order valence-corrected chi connectivity index (χ0v) is 19.2. The fourth-order valence-electron chi connectivity index (χ4n) is 4.02. The molecule has 5 nitrogen and oxygen atoms in total. The second kappa shape index (κ2) is 9.21. The van der Waals surface area contributed by atoms with Crippen molar-refractivity contribution in [1.29, 1.82) is 0 Å². The number of hydrogen-bond donors (Lipinski definition) is 2. The number of carbonyl (C=O) groups is 1. The monoisotopic (exact) mass is 477 g/mol. The van der Waals surface area contributed by atoms with Crippen molar-refractivity contribution in [2.75, 3.05) is 0 Å². The third-order valence-electron chi connectivity index (χ3n) is 5.65. The molecule has 0 radical (unpaired) electrons. The Hall–Kier alpha value is -2.05. The molecule has 1 unspecified atom stereocenters. The highest BCUT2D eigenvalue weighted by Crippen LogP contribution is 2.37. The topological polar surface area (TPSA) is 67.2 Å². The fourth-order valence-corrected chi connectivity index (χ4v) is 4.65. The van der Waals surface area contributed by atoms with Gasteiger partial charge in [0.05, 0.1) is 28.6 Å². The van der Waals surface area contributed by atoms with Gasteiger partial charge >= 0.3 is 0 Å². The number of benzene rings is 2. The molecule has 1 aliphatic carbocycles. The first-order valence-electron chi connectivity index (χ1n) is 10.1. The summed E-state index contributed by atoms with van der Waals surface area (Å²) in [6.45, 7) is 0. The molecular weight excluding hydrogens is 457 g/mol. The van der Waals surface area contributed by atoms with Crippen LogP contribution in [0.25, 0.3) is 22.5 Å². The molecule has 1 aromatic heterocycles. The highest BCUT2D eigenvalue weighted by atomic mass is 35.5. The van der Waals surface area contributed by atoms with E-state index in [0.717, 1.165) is 30.5 Å². The van der Waals surface area contributed by atoms with E-state index in [-0.39, 0.29) is 17.8 Å².